The predicted octanol–water partition coefficient (Wildman–Crippen LogP) is 2.27. The summed E-state index contributed by atoms with van der Waals surface area (Å²) in [6.45, 7) is 21.3. The standard InChI is InChI=1S/C10H15.2C5H10O2.ClH.Ti/c1-7-6-10(4,5)9(3)8(7)2;2*1-5(2,3)4(6)7;;/h1-5H3;2*1-3H3,(H,6,7);1H;/q;;;;+3/p-3. The molecule has 0 saturated heterocycles. The summed E-state index contributed by atoms with van der Waals surface area (Å²) >= 11 is -3.06. The summed E-state index contributed by atoms with van der Waals surface area (Å²) in [5.41, 5.74) is 2.00. The van der Waals surface area contributed by atoms with E-state index in [-0.39, 0.29) is 29.8 Å². The van der Waals surface area contributed by atoms with Crippen LogP contribution >= 0.6 is 0 Å². The van der Waals surface area contributed by atoms with E-state index < -0.39 is 29.5 Å². The van der Waals surface area contributed by atoms with Gasteiger partial charge in [-0.05, 0) is 0 Å². The van der Waals surface area contributed by atoms with Gasteiger partial charge in [-0.25, -0.2) is 0 Å². The van der Waals surface area contributed by atoms with Crippen LogP contribution in [-0.4, -0.2) is 11.9 Å². The number of rotatable bonds is 3. The van der Waals surface area contributed by atoms with Gasteiger partial charge in [0.2, 0.25) is 0 Å². The molecule has 26 heavy (non-hydrogen) atoms. The minimum Gasteiger partial charge on any atom is -1.00 e. The smallest absolute Gasteiger partial charge is 1.00 e. The molecule has 0 radical (unpaired) electrons. The van der Waals surface area contributed by atoms with Gasteiger partial charge >= 0.3 is 160 Å². The molecule has 4 nitrogen and oxygen atoms in total. The summed E-state index contributed by atoms with van der Waals surface area (Å²) in [7, 11) is 0. The van der Waals surface area contributed by atoms with Crippen LogP contribution in [-0.2, 0) is 34.9 Å². The zero-order chi connectivity index (χ0) is 20.0. The molecule has 0 spiro atoms. The van der Waals surface area contributed by atoms with Crippen LogP contribution in [0.4, 0.5) is 0 Å². The fourth-order valence-corrected chi connectivity index (χ4v) is 6.33. The molecule has 0 heterocycles. The molecular weight excluding hydrogens is 388 g/mol. The molecule has 0 amide bonds. The Morgan fingerprint density at radius 1 is 0.808 bits per heavy atom. The first-order chi connectivity index (χ1) is 11.0. The summed E-state index contributed by atoms with van der Waals surface area (Å²) in [4.78, 5) is 25.1. The first-order valence-electron chi connectivity index (χ1n) is 8.72. The molecule has 1 rings (SSSR count). The van der Waals surface area contributed by atoms with Gasteiger partial charge in [0.05, 0.1) is 0 Å². The van der Waals surface area contributed by atoms with Crippen LogP contribution in [0, 0.1) is 16.2 Å². The Hall–Kier alpha value is -0.576. The van der Waals surface area contributed by atoms with Crippen molar-refractivity contribution in [3.63, 3.8) is 0 Å². The van der Waals surface area contributed by atoms with Gasteiger partial charge in [-0.3, -0.25) is 0 Å². The third kappa shape index (κ3) is 5.24. The molecule has 0 saturated carbocycles. The van der Waals surface area contributed by atoms with Crippen molar-refractivity contribution in [3.05, 3.63) is 20.6 Å². The van der Waals surface area contributed by atoms with Crippen LogP contribution < -0.4 is 12.4 Å². The molecule has 0 N–H and O–H groups in total. The number of halogens is 1. The van der Waals surface area contributed by atoms with Crippen molar-refractivity contribution in [1.82, 2.24) is 0 Å². The maximum Gasteiger partial charge on any atom is -1.00 e. The molecule has 0 aliphatic heterocycles. The molecule has 148 valence electrons. The van der Waals surface area contributed by atoms with E-state index in [0.29, 0.717) is 0 Å². The van der Waals surface area contributed by atoms with E-state index in [4.69, 9.17) is 6.64 Å². The number of hydrogen-bond acceptors (Lipinski definition) is 4. The van der Waals surface area contributed by atoms with Crippen LogP contribution in [0.3, 0.4) is 0 Å². The second kappa shape index (κ2) is 8.20. The van der Waals surface area contributed by atoms with E-state index >= 15 is 0 Å². The molecule has 0 aromatic rings. The molecule has 0 aromatic heterocycles. The van der Waals surface area contributed by atoms with Crippen LogP contribution in [0.1, 0.15) is 76.2 Å². The molecule has 1 aliphatic rings. The summed E-state index contributed by atoms with van der Waals surface area (Å²) in [5, 5.41) is 0. The Balaban J connectivity index is 0.00000625. The molecule has 1 aliphatic carbocycles. The van der Waals surface area contributed by atoms with E-state index in [1.807, 2.05) is 48.5 Å². The molecule has 0 bridgehead atoms. The van der Waals surface area contributed by atoms with E-state index in [0.717, 1.165) is 9.45 Å². The summed E-state index contributed by atoms with van der Waals surface area (Å²) < 4.78 is 12.7. The van der Waals surface area contributed by atoms with Gasteiger partial charge in [0, 0.05) is 0 Å². The maximum atomic E-state index is 12.5. The van der Waals surface area contributed by atoms with Crippen molar-refractivity contribution >= 4 is 11.9 Å². The van der Waals surface area contributed by atoms with Crippen molar-refractivity contribution in [2.24, 2.45) is 16.2 Å². The summed E-state index contributed by atoms with van der Waals surface area (Å²) in [5.74, 6) is -0.634. The van der Waals surface area contributed by atoms with Gasteiger partial charge in [0.15, 0.2) is 0 Å². The topological polar surface area (TPSA) is 52.6 Å². The average Bonchev–Trinajstić information content (AvgIpc) is 2.56. The third-order valence-electron chi connectivity index (χ3n) is 4.86. The van der Waals surface area contributed by atoms with Gasteiger partial charge < -0.3 is 12.4 Å². The quantitative estimate of drug-likeness (QED) is 0.657. The van der Waals surface area contributed by atoms with Gasteiger partial charge in [-0.15, -0.1) is 0 Å². The summed E-state index contributed by atoms with van der Waals surface area (Å²) in [6.07, 6.45) is 0. The number of hydrogen-bond donors (Lipinski definition) is 0. The fourth-order valence-electron chi connectivity index (χ4n) is 2.60. The SMILES string of the molecule is CC1=C(C)C(C)(C)[C]([Ti+]([O]C(=O)C(C)(C)C)[O]C(=O)C(C)(C)C)=C1C.[Cl-]. The number of carbonyl (C=O) groups excluding carboxylic acids is 2. The first-order valence-corrected chi connectivity index (χ1v) is 10.8. The molecule has 0 aromatic carbocycles. The maximum absolute atomic E-state index is 12.5. The van der Waals surface area contributed by atoms with Crippen molar-refractivity contribution in [2.75, 3.05) is 0 Å². The zero-order valence-electron chi connectivity index (χ0n) is 18.0. The van der Waals surface area contributed by atoms with Gasteiger partial charge in [-0.2, -0.15) is 0 Å². The van der Waals surface area contributed by atoms with Gasteiger partial charge in [0.25, 0.3) is 0 Å². The van der Waals surface area contributed by atoms with Crippen LogP contribution in [0.2, 0.25) is 0 Å². The Kier molecular flexibility index (Phi) is 8.02. The first kappa shape index (κ1) is 25.4. The van der Waals surface area contributed by atoms with Crippen molar-refractivity contribution in [3.8, 4) is 0 Å². The van der Waals surface area contributed by atoms with Crippen LogP contribution in [0.5, 0.6) is 0 Å². The van der Waals surface area contributed by atoms with Crippen LogP contribution in [0.15, 0.2) is 20.6 Å². The molecule has 6 heteroatoms. The minimum absolute atomic E-state index is 0. The number of allylic oxidation sites excluding steroid dienone is 4. The minimum atomic E-state index is -3.06. The Labute approximate surface area is 172 Å². The summed E-state index contributed by atoms with van der Waals surface area (Å²) in [6, 6.07) is 0. The fraction of sp³-hybridized carbons (Fsp3) is 0.700. The van der Waals surface area contributed by atoms with Crippen LogP contribution in [0.25, 0.3) is 0 Å². The van der Waals surface area contributed by atoms with Gasteiger partial charge in [0.1, 0.15) is 0 Å². The van der Waals surface area contributed by atoms with E-state index in [9.17, 15) is 9.59 Å². The Morgan fingerprint density at radius 2 is 1.15 bits per heavy atom. The van der Waals surface area contributed by atoms with Crippen molar-refractivity contribution < 1.29 is 47.3 Å². The normalized spacial score (nSPS) is 17.0. The molecular formula is C20H33ClO4Ti. The van der Waals surface area contributed by atoms with Crippen molar-refractivity contribution in [2.45, 2.75) is 76.2 Å². The van der Waals surface area contributed by atoms with Gasteiger partial charge in [-0.1, -0.05) is 0 Å². The molecule has 0 unspecified atom stereocenters. The predicted molar refractivity (Wildman–Crippen MR) is 95.9 cm³/mol. The van der Waals surface area contributed by atoms with E-state index in [2.05, 4.69) is 27.7 Å². The van der Waals surface area contributed by atoms with E-state index in [1.165, 1.54) is 11.1 Å². The second-order valence-corrected chi connectivity index (χ2v) is 11.8. The third-order valence-corrected chi connectivity index (χ3v) is 8.22. The average molecular weight is 421 g/mol. The Morgan fingerprint density at radius 3 is 1.38 bits per heavy atom. The number of carbonyl (C=O) groups is 2. The molecule has 0 atom stereocenters. The van der Waals surface area contributed by atoms with E-state index in [1.54, 1.807) is 0 Å². The monoisotopic (exact) mass is 420 g/mol. The largest absolute Gasteiger partial charge is 1.00 e. The Bertz CT molecular complexity index is 618. The van der Waals surface area contributed by atoms with Crippen molar-refractivity contribution in [1.29, 1.82) is 0 Å². The molecule has 0 fully saturated rings. The second-order valence-electron chi connectivity index (χ2n) is 9.44. The zero-order valence-corrected chi connectivity index (χ0v) is 20.3.